The van der Waals surface area contributed by atoms with Crippen molar-refractivity contribution in [1.82, 2.24) is 0 Å². The molecule has 4 nitrogen and oxygen atoms in total. The van der Waals surface area contributed by atoms with Crippen LogP contribution in [0.15, 0.2) is 0 Å². The third-order valence-corrected chi connectivity index (χ3v) is 11.0. The minimum Gasteiger partial charge on any atom is -0.390 e. The smallest absolute Gasteiger partial charge is 0.0827 e. The molecular formula is C27H48O4. The largest absolute Gasteiger partial charge is 0.390 e. The highest BCUT2D eigenvalue weighted by atomic mass is 16.3. The first kappa shape index (κ1) is 24.0. The van der Waals surface area contributed by atoms with Crippen molar-refractivity contribution in [2.75, 3.05) is 0 Å². The second kappa shape index (κ2) is 8.56. The molecule has 31 heavy (non-hydrogen) atoms. The van der Waals surface area contributed by atoms with Crippen LogP contribution < -0.4 is 0 Å². The molecule has 12 atom stereocenters. The highest BCUT2D eigenvalue weighted by Crippen LogP contribution is 2.68. The zero-order valence-corrected chi connectivity index (χ0v) is 20.5. The highest BCUT2D eigenvalue weighted by molar-refractivity contribution is 5.11. The monoisotopic (exact) mass is 436 g/mol. The van der Waals surface area contributed by atoms with Gasteiger partial charge in [-0.05, 0) is 110 Å². The number of fused-ring (bicyclic) bond motifs is 5. The Balaban J connectivity index is 1.51. The van der Waals surface area contributed by atoms with Gasteiger partial charge in [-0.15, -0.1) is 0 Å². The number of aliphatic hydroxyl groups excluding tert-OH is 4. The number of hydrogen-bond acceptors (Lipinski definition) is 4. The molecule has 4 N–H and O–H groups in total. The molecule has 4 aliphatic carbocycles. The van der Waals surface area contributed by atoms with Gasteiger partial charge in [0.05, 0.1) is 24.4 Å². The van der Waals surface area contributed by atoms with Gasteiger partial charge in [-0.3, -0.25) is 0 Å². The lowest BCUT2D eigenvalue weighted by atomic mass is 9.44. The standard InChI is InChI=1S/C27H48O4/c1-15(2)12-23(29)25(31)16(3)19-8-9-20-18-7-6-17-13-22(28)24(30)14-27(17,5)21(18)10-11-26(19,20)4/h15-25,28-31H,6-14H2,1-5H3/t16-,17-,18-,19+,20-,21-,22-,23+,24+,25+,26+,27-/m0/s1. The van der Waals surface area contributed by atoms with Gasteiger partial charge in [-0.2, -0.15) is 0 Å². The van der Waals surface area contributed by atoms with Crippen molar-refractivity contribution in [1.29, 1.82) is 0 Å². The van der Waals surface area contributed by atoms with Crippen molar-refractivity contribution < 1.29 is 20.4 Å². The summed E-state index contributed by atoms with van der Waals surface area (Å²) in [6.45, 7) is 11.3. The maximum absolute atomic E-state index is 11.0. The van der Waals surface area contributed by atoms with E-state index in [-0.39, 0.29) is 16.7 Å². The molecule has 0 saturated heterocycles. The molecule has 0 bridgehead atoms. The lowest BCUT2D eigenvalue weighted by Crippen LogP contribution is -2.57. The van der Waals surface area contributed by atoms with Gasteiger partial charge in [0, 0.05) is 0 Å². The van der Waals surface area contributed by atoms with Gasteiger partial charge in [0.25, 0.3) is 0 Å². The normalized spacial score (nSPS) is 50.3. The van der Waals surface area contributed by atoms with E-state index < -0.39 is 24.4 Å². The summed E-state index contributed by atoms with van der Waals surface area (Å²) in [5, 5.41) is 42.4. The summed E-state index contributed by atoms with van der Waals surface area (Å²) in [4.78, 5) is 0. The Morgan fingerprint density at radius 3 is 2.19 bits per heavy atom. The Morgan fingerprint density at radius 2 is 1.52 bits per heavy atom. The van der Waals surface area contributed by atoms with Crippen LogP contribution in [0.1, 0.15) is 92.4 Å². The van der Waals surface area contributed by atoms with Crippen LogP contribution >= 0.6 is 0 Å². The first-order valence-corrected chi connectivity index (χ1v) is 13.2. The zero-order chi connectivity index (χ0) is 22.7. The number of aliphatic hydroxyl groups is 4. The fraction of sp³-hybridized carbons (Fsp3) is 1.00. The van der Waals surface area contributed by atoms with E-state index in [2.05, 4.69) is 34.6 Å². The van der Waals surface area contributed by atoms with Gasteiger partial charge >= 0.3 is 0 Å². The van der Waals surface area contributed by atoms with Crippen LogP contribution in [-0.2, 0) is 0 Å². The van der Waals surface area contributed by atoms with Gasteiger partial charge in [-0.1, -0.05) is 34.6 Å². The maximum Gasteiger partial charge on any atom is 0.0827 e. The highest BCUT2D eigenvalue weighted by Gasteiger charge is 2.61. The van der Waals surface area contributed by atoms with Crippen LogP contribution in [0.3, 0.4) is 0 Å². The van der Waals surface area contributed by atoms with E-state index in [1.807, 2.05) is 0 Å². The molecule has 4 heteroatoms. The van der Waals surface area contributed by atoms with Crippen molar-refractivity contribution in [3.63, 3.8) is 0 Å². The third kappa shape index (κ3) is 3.92. The van der Waals surface area contributed by atoms with Crippen molar-refractivity contribution in [2.24, 2.45) is 52.3 Å². The number of hydrogen-bond donors (Lipinski definition) is 4. The summed E-state index contributed by atoms with van der Waals surface area (Å²) >= 11 is 0. The SMILES string of the molecule is CC(C)C[C@@H](O)[C@H](O)[C@@H](C)[C@H]1CC[C@H]2[C@@H]3CC[C@H]4C[C@H](O)[C@H](O)C[C@]4(C)[C@H]3CC[C@]12C. The fourth-order valence-electron chi connectivity index (χ4n) is 9.39. The van der Waals surface area contributed by atoms with Gasteiger partial charge in [0.15, 0.2) is 0 Å². The summed E-state index contributed by atoms with van der Waals surface area (Å²) in [7, 11) is 0. The lowest BCUT2D eigenvalue weighted by molar-refractivity contribution is -0.163. The van der Waals surface area contributed by atoms with Gasteiger partial charge in [-0.25, -0.2) is 0 Å². The van der Waals surface area contributed by atoms with Crippen LogP contribution in [0.4, 0.5) is 0 Å². The van der Waals surface area contributed by atoms with E-state index >= 15 is 0 Å². The summed E-state index contributed by atoms with van der Waals surface area (Å²) in [6.07, 6.45) is 7.07. The zero-order valence-electron chi connectivity index (χ0n) is 20.5. The van der Waals surface area contributed by atoms with Gasteiger partial charge < -0.3 is 20.4 Å². The predicted molar refractivity (Wildman–Crippen MR) is 123 cm³/mol. The minimum atomic E-state index is -0.635. The molecule has 0 spiro atoms. The predicted octanol–water partition coefficient (Wildman–Crippen LogP) is 4.38. The molecule has 0 heterocycles. The first-order valence-electron chi connectivity index (χ1n) is 13.2. The molecule has 0 aliphatic heterocycles. The molecule has 4 saturated carbocycles. The quantitative estimate of drug-likeness (QED) is 0.515. The Bertz CT molecular complexity index is 637. The Kier molecular flexibility index (Phi) is 6.62. The molecule has 0 amide bonds. The van der Waals surface area contributed by atoms with Gasteiger partial charge in [0.2, 0.25) is 0 Å². The van der Waals surface area contributed by atoms with E-state index in [0.717, 1.165) is 12.8 Å². The maximum atomic E-state index is 11.0. The second-order valence-corrected chi connectivity index (χ2v) is 13.0. The number of rotatable bonds is 5. The lowest BCUT2D eigenvalue weighted by Gasteiger charge is -2.61. The Morgan fingerprint density at radius 1 is 0.839 bits per heavy atom. The van der Waals surface area contributed by atoms with Crippen LogP contribution in [0, 0.1) is 52.3 Å². The topological polar surface area (TPSA) is 80.9 Å². The fourth-order valence-corrected chi connectivity index (χ4v) is 9.39. The van der Waals surface area contributed by atoms with Crippen molar-refractivity contribution in [3.8, 4) is 0 Å². The molecule has 0 aromatic carbocycles. The van der Waals surface area contributed by atoms with Crippen molar-refractivity contribution >= 4 is 0 Å². The molecule has 0 radical (unpaired) electrons. The summed E-state index contributed by atoms with van der Waals surface area (Å²) in [5.74, 6) is 3.57. The average molecular weight is 437 g/mol. The van der Waals surface area contributed by atoms with E-state index in [9.17, 15) is 20.4 Å². The van der Waals surface area contributed by atoms with E-state index in [4.69, 9.17) is 0 Å². The summed E-state index contributed by atoms with van der Waals surface area (Å²) in [5.41, 5.74) is 0.397. The van der Waals surface area contributed by atoms with E-state index in [1.165, 1.54) is 38.5 Å². The third-order valence-electron chi connectivity index (χ3n) is 11.0. The molecule has 0 aromatic heterocycles. The van der Waals surface area contributed by atoms with Crippen LogP contribution in [-0.4, -0.2) is 44.8 Å². The molecule has 180 valence electrons. The van der Waals surface area contributed by atoms with Gasteiger partial charge in [0.1, 0.15) is 0 Å². The van der Waals surface area contributed by atoms with Crippen LogP contribution in [0.2, 0.25) is 0 Å². The molecule has 0 aromatic rings. The molecule has 4 aliphatic rings. The molecular weight excluding hydrogens is 388 g/mol. The average Bonchev–Trinajstić information content (AvgIpc) is 3.04. The van der Waals surface area contributed by atoms with Crippen molar-refractivity contribution in [3.05, 3.63) is 0 Å². The molecule has 4 fully saturated rings. The van der Waals surface area contributed by atoms with E-state index in [1.54, 1.807) is 0 Å². The molecule has 0 unspecified atom stereocenters. The second-order valence-electron chi connectivity index (χ2n) is 13.0. The summed E-state index contributed by atoms with van der Waals surface area (Å²) in [6, 6.07) is 0. The van der Waals surface area contributed by atoms with Crippen LogP contribution in [0.5, 0.6) is 0 Å². The van der Waals surface area contributed by atoms with Crippen molar-refractivity contribution in [2.45, 2.75) is 117 Å². The van der Waals surface area contributed by atoms with E-state index in [0.29, 0.717) is 41.9 Å². The Labute approximate surface area is 189 Å². The summed E-state index contributed by atoms with van der Waals surface area (Å²) < 4.78 is 0. The minimum absolute atomic E-state index is 0.124. The Hall–Kier alpha value is -0.160. The van der Waals surface area contributed by atoms with Crippen LogP contribution in [0.25, 0.3) is 0 Å². The molecule has 4 rings (SSSR count). The first-order chi connectivity index (χ1) is 14.5.